The minimum Gasteiger partial charge on any atom is -0.493 e. The first kappa shape index (κ1) is 19.8. The molecule has 0 unspecified atom stereocenters. The Morgan fingerprint density at radius 1 is 1.07 bits per heavy atom. The fraction of sp³-hybridized carbons (Fsp3) is 0.300. The quantitative estimate of drug-likeness (QED) is 0.555. The van der Waals surface area contributed by atoms with Crippen molar-refractivity contribution >= 4 is 23.5 Å². The minimum atomic E-state index is -0.519. The Kier molecular flexibility index (Phi) is 6.26. The van der Waals surface area contributed by atoms with E-state index < -0.39 is 11.9 Å². The summed E-state index contributed by atoms with van der Waals surface area (Å²) < 4.78 is 26.5. The number of ether oxygens (including phenoxy) is 5. The van der Waals surface area contributed by atoms with Crippen LogP contribution in [0.5, 0.6) is 23.0 Å². The molecule has 28 heavy (non-hydrogen) atoms. The molecule has 0 bridgehead atoms. The molecule has 148 valence electrons. The van der Waals surface area contributed by atoms with Gasteiger partial charge in [0.15, 0.2) is 23.0 Å². The van der Waals surface area contributed by atoms with E-state index in [1.165, 1.54) is 32.4 Å². The fourth-order valence-corrected chi connectivity index (χ4v) is 3.00. The largest absolute Gasteiger partial charge is 0.493 e. The average molecular weight is 407 g/mol. The van der Waals surface area contributed by atoms with E-state index in [1.54, 1.807) is 12.1 Å². The molecule has 0 radical (unpaired) electrons. The molecule has 0 spiro atoms. The maximum atomic E-state index is 12.4. The maximum absolute atomic E-state index is 12.4. The Morgan fingerprint density at radius 3 is 2.61 bits per heavy atom. The summed E-state index contributed by atoms with van der Waals surface area (Å²) in [5.74, 6) is 0.394. The van der Waals surface area contributed by atoms with Gasteiger partial charge in [-0.1, -0.05) is 11.6 Å². The number of carbonyl (C=O) groups is 2. The van der Waals surface area contributed by atoms with Gasteiger partial charge in [-0.3, -0.25) is 4.79 Å². The summed E-state index contributed by atoms with van der Waals surface area (Å²) in [7, 11) is 2.69. The molecular formula is C20H19ClO7. The number of halogens is 1. The van der Waals surface area contributed by atoms with Crippen LogP contribution in [-0.4, -0.2) is 39.4 Å². The fourth-order valence-electron chi connectivity index (χ4n) is 2.71. The van der Waals surface area contributed by atoms with Gasteiger partial charge < -0.3 is 23.7 Å². The van der Waals surface area contributed by atoms with Gasteiger partial charge in [0.05, 0.1) is 44.4 Å². The molecule has 1 heterocycles. The molecule has 0 amide bonds. The topological polar surface area (TPSA) is 80.3 Å². The summed E-state index contributed by atoms with van der Waals surface area (Å²) in [6, 6.07) is 7.77. The third-order valence-electron chi connectivity index (χ3n) is 4.02. The van der Waals surface area contributed by atoms with E-state index in [-0.39, 0.29) is 23.5 Å². The number of methoxy groups -OCH3 is 2. The van der Waals surface area contributed by atoms with E-state index in [4.69, 9.17) is 30.5 Å². The highest BCUT2D eigenvalue weighted by atomic mass is 35.5. The Hall–Kier alpha value is -2.93. The Balaban J connectivity index is 1.75. The van der Waals surface area contributed by atoms with Gasteiger partial charge in [0.2, 0.25) is 0 Å². The van der Waals surface area contributed by atoms with Crippen molar-refractivity contribution in [3.05, 3.63) is 46.5 Å². The van der Waals surface area contributed by atoms with E-state index >= 15 is 0 Å². The number of hydrogen-bond acceptors (Lipinski definition) is 7. The molecule has 2 aromatic rings. The molecule has 1 aliphatic rings. The third kappa shape index (κ3) is 4.48. The van der Waals surface area contributed by atoms with Gasteiger partial charge in [-0.2, -0.15) is 0 Å². The number of hydrogen-bond donors (Lipinski definition) is 0. The Morgan fingerprint density at radius 2 is 1.86 bits per heavy atom. The summed E-state index contributed by atoms with van der Waals surface area (Å²) in [5.41, 5.74) is 0.915. The summed E-state index contributed by atoms with van der Waals surface area (Å²) in [6.07, 6.45) is 0.724. The third-order valence-corrected chi connectivity index (χ3v) is 4.30. The highest BCUT2D eigenvalue weighted by Gasteiger charge is 2.19. The number of benzene rings is 2. The second-order valence-corrected chi connectivity index (χ2v) is 6.37. The lowest BCUT2D eigenvalue weighted by Crippen LogP contribution is -2.12. The van der Waals surface area contributed by atoms with Crippen LogP contribution >= 0.6 is 11.6 Å². The minimum absolute atomic E-state index is 0.0295. The second-order valence-electron chi connectivity index (χ2n) is 5.96. The molecule has 3 rings (SSSR count). The van der Waals surface area contributed by atoms with Gasteiger partial charge in [0, 0.05) is 6.42 Å². The Bertz CT molecular complexity index is 894. The van der Waals surface area contributed by atoms with Crippen LogP contribution in [0.3, 0.4) is 0 Å². The zero-order valence-electron chi connectivity index (χ0n) is 15.5. The van der Waals surface area contributed by atoms with Crippen molar-refractivity contribution in [3.8, 4) is 23.0 Å². The van der Waals surface area contributed by atoms with Crippen molar-refractivity contribution in [3.63, 3.8) is 0 Å². The van der Waals surface area contributed by atoms with Crippen molar-refractivity contribution in [1.82, 2.24) is 0 Å². The first-order valence-electron chi connectivity index (χ1n) is 8.57. The lowest BCUT2D eigenvalue weighted by atomic mass is 10.1. The van der Waals surface area contributed by atoms with Crippen LogP contribution in [0, 0.1) is 0 Å². The predicted molar refractivity (Wildman–Crippen MR) is 101 cm³/mol. The standard InChI is InChI=1S/C20H19ClO7/c1-24-16-11-13(20(23)25-2)4-5-15(16)28-18(22)10-12-8-14(21)19-17(9-12)26-6-3-7-27-19/h4-5,8-9,11H,3,6-7,10H2,1-2H3. The predicted octanol–water partition coefficient (Wildman–Crippen LogP) is 3.44. The lowest BCUT2D eigenvalue weighted by Gasteiger charge is -2.12. The highest BCUT2D eigenvalue weighted by molar-refractivity contribution is 6.32. The number of esters is 2. The monoisotopic (exact) mass is 406 g/mol. The molecule has 0 N–H and O–H groups in total. The molecule has 0 atom stereocenters. The molecule has 0 saturated heterocycles. The van der Waals surface area contributed by atoms with Crippen molar-refractivity contribution < 1.29 is 33.3 Å². The second kappa shape index (κ2) is 8.84. The van der Waals surface area contributed by atoms with Gasteiger partial charge in [0.1, 0.15) is 0 Å². The number of fused-ring (bicyclic) bond motifs is 1. The van der Waals surface area contributed by atoms with Gasteiger partial charge >= 0.3 is 11.9 Å². The van der Waals surface area contributed by atoms with Gasteiger partial charge in [-0.25, -0.2) is 4.79 Å². The van der Waals surface area contributed by atoms with Crippen molar-refractivity contribution in [2.45, 2.75) is 12.8 Å². The average Bonchev–Trinajstić information content (AvgIpc) is 2.93. The molecule has 8 heteroatoms. The summed E-state index contributed by atoms with van der Waals surface area (Å²) in [4.78, 5) is 24.0. The zero-order chi connectivity index (χ0) is 20.1. The smallest absolute Gasteiger partial charge is 0.337 e. The maximum Gasteiger partial charge on any atom is 0.337 e. The van der Waals surface area contributed by atoms with E-state index in [1.807, 2.05) is 0 Å². The molecule has 0 fully saturated rings. The summed E-state index contributed by atoms with van der Waals surface area (Å²) in [5, 5.41) is 0.377. The SMILES string of the molecule is COC(=O)c1ccc(OC(=O)Cc2cc(Cl)c3c(c2)OCCCO3)c(OC)c1. The van der Waals surface area contributed by atoms with Crippen molar-refractivity contribution in [2.75, 3.05) is 27.4 Å². The molecule has 0 aliphatic carbocycles. The van der Waals surface area contributed by atoms with Crippen LogP contribution < -0.4 is 18.9 Å². The van der Waals surface area contributed by atoms with Gasteiger partial charge in [0.25, 0.3) is 0 Å². The first-order valence-corrected chi connectivity index (χ1v) is 8.94. The van der Waals surface area contributed by atoms with Crippen LogP contribution in [0.2, 0.25) is 5.02 Å². The highest BCUT2D eigenvalue weighted by Crippen LogP contribution is 2.38. The molecular weight excluding hydrogens is 388 g/mol. The summed E-state index contributed by atoms with van der Waals surface area (Å²) >= 11 is 6.25. The van der Waals surface area contributed by atoms with E-state index in [9.17, 15) is 9.59 Å². The van der Waals surface area contributed by atoms with Crippen LogP contribution in [0.25, 0.3) is 0 Å². The van der Waals surface area contributed by atoms with Gasteiger partial charge in [-0.15, -0.1) is 0 Å². The lowest BCUT2D eigenvalue weighted by molar-refractivity contribution is -0.133. The van der Waals surface area contributed by atoms with Crippen LogP contribution in [-0.2, 0) is 16.0 Å². The van der Waals surface area contributed by atoms with Crippen molar-refractivity contribution in [2.24, 2.45) is 0 Å². The van der Waals surface area contributed by atoms with E-state index in [0.717, 1.165) is 6.42 Å². The molecule has 1 aliphatic heterocycles. The number of carbonyl (C=O) groups excluding carboxylic acids is 2. The molecule has 0 aromatic heterocycles. The zero-order valence-corrected chi connectivity index (χ0v) is 16.2. The number of rotatable bonds is 5. The van der Waals surface area contributed by atoms with Crippen LogP contribution in [0.1, 0.15) is 22.3 Å². The van der Waals surface area contributed by atoms with Crippen LogP contribution in [0.15, 0.2) is 30.3 Å². The van der Waals surface area contributed by atoms with E-state index in [2.05, 4.69) is 4.74 Å². The van der Waals surface area contributed by atoms with Crippen molar-refractivity contribution in [1.29, 1.82) is 0 Å². The summed E-state index contributed by atoms with van der Waals surface area (Å²) in [6.45, 7) is 1.04. The van der Waals surface area contributed by atoms with E-state index in [0.29, 0.717) is 35.3 Å². The normalized spacial score (nSPS) is 12.7. The molecule has 0 saturated carbocycles. The Labute approximate surface area is 167 Å². The van der Waals surface area contributed by atoms with Crippen LogP contribution in [0.4, 0.5) is 0 Å². The first-order chi connectivity index (χ1) is 13.5. The van der Waals surface area contributed by atoms with Gasteiger partial charge in [-0.05, 0) is 35.9 Å². The molecule has 2 aromatic carbocycles. The molecule has 7 nitrogen and oxygen atoms in total.